The molecule has 12 heteroatoms. The number of carbonyl (C=O) groups is 3. The molecular formula is C21H17F5N2O5. The average molecular weight is 472 g/mol. The fourth-order valence-corrected chi connectivity index (χ4v) is 3.01. The Labute approximate surface area is 184 Å². The van der Waals surface area contributed by atoms with E-state index < -0.39 is 65.7 Å². The molecule has 0 radical (unpaired) electrons. The molecule has 2 aromatic carbocycles. The standard InChI is InChI=1S/C21H17F5N2O5/c1-20(2,18(30)31)33-17-14(22)7-11(8-15(17)23)9-28-16(29)10-27(19(28)32)13-5-3-12(4-6-13)21(24,25)26/h3-8H,9-10H2,1-2H3,(H,30,31). The number of halogens is 5. The molecule has 7 nitrogen and oxygen atoms in total. The van der Waals surface area contributed by atoms with Crippen molar-refractivity contribution >= 4 is 23.6 Å². The van der Waals surface area contributed by atoms with Crippen LogP contribution < -0.4 is 9.64 Å². The van der Waals surface area contributed by atoms with Crippen LogP contribution >= 0.6 is 0 Å². The van der Waals surface area contributed by atoms with E-state index in [2.05, 4.69) is 0 Å². The zero-order valence-electron chi connectivity index (χ0n) is 17.2. The van der Waals surface area contributed by atoms with Crippen molar-refractivity contribution in [3.05, 3.63) is 59.2 Å². The summed E-state index contributed by atoms with van der Waals surface area (Å²) in [6.45, 7) is 1.20. The number of aliphatic carboxylic acids is 1. The summed E-state index contributed by atoms with van der Waals surface area (Å²) in [7, 11) is 0. The Morgan fingerprint density at radius 2 is 1.61 bits per heavy atom. The summed E-state index contributed by atoms with van der Waals surface area (Å²) >= 11 is 0. The van der Waals surface area contributed by atoms with Gasteiger partial charge in [0.15, 0.2) is 23.0 Å². The molecule has 3 amide bonds. The van der Waals surface area contributed by atoms with Gasteiger partial charge in [0.25, 0.3) is 5.91 Å². The van der Waals surface area contributed by atoms with Crippen LogP contribution in [-0.4, -0.2) is 40.1 Å². The van der Waals surface area contributed by atoms with Crippen molar-refractivity contribution in [2.45, 2.75) is 32.2 Å². The Hall–Kier alpha value is -3.70. The minimum absolute atomic E-state index is 0.0425. The number of anilines is 1. The minimum atomic E-state index is -4.57. The fourth-order valence-electron chi connectivity index (χ4n) is 3.01. The Balaban J connectivity index is 1.79. The Bertz CT molecular complexity index is 1090. The summed E-state index contributed by atoms with van der Waals surface area (Å²) in [5.41, 5.74) is -2.94. The molecule has 1 aliphatic rings. The Morgan fingerprint density at radius 1 is 1.06 bits per heavy atom. The van der Waals surface area contributed by atoms with Gasteiger partial charge < -0.3 is 9.84 Å². The van der Waals surface area contributed by atoms with Crippen molar-refractivity contribution in [2.24, 2.45) is 0 Å². The van der Waals surface area contributed by atoms with Gasteiger partial charge in [0.05, 0.1) is 12.1 Å². The lowest BCUT2D eigenvalue weighted by Crippen LogP contribution is -2.38. The van der Waals surface area contributed by atoms with Crippen molar-refractivity contribution < 1.29 is 46.2 Å². The topological polar surface area (TPSA) is 87.2 Å². The zero-order chi connectivity index (χ0) is 24.7. The minimum Gasteiger partial charge on any atom is -0.478 e. The largest absolute Gasteiger partial charge is 0.478 e. The van der Waals surface area contributed by atoms with Crippen LogP contribution in [0, 0.1) is 11.6 Å². The van der Waals surface area contributed by atoms with Crippen molar-refractivity contribution in [3.8, 4) is 5.75 Å². The first-order valence-electron chi connectivity index (χ1n) is 9.40. The van der Waals surface area contributed by atoms with E-state index in [1.54, 1.807) is 0 Å². The van der Waals surface area contributed by atoms with Crippen LogP contribution in [0.4, 0.5) is 32.4 Å². The second-order valence-electron chi connectivity index (χ2n) is 7.70. The number of ether oxygens (including phenoxy) is 1. The average Bonchev–Trinajstić information content (AvgIpc) is 2.98. The summed E-state index contributed by atoms with van der Waals surface area (Å²) in [6, 6.07) is 4.29. The molecule has 33 heavy (non-hydrogen) atoms. The zero-order valence-corrected chi connectivity index (χ0v) is 17.2. The summed E-state index contributed by atoms with van der Waals surface area (Å²) in [6.07, 6.45) is -4.57. The van der Waals surface area contributed by atoms with Gasteiger partial charge in [-0.1, -0.05) is 0 Å². The molecule has 0 bridgehead atoms. The molecule has 1 saturated heterocycles. The van der Waals surface area contributed by atoms with Gasteiger partial charge >= 0.3 is 18.2 Å². The van der Waals surface area contributed by atoms with Crippen LogP contribution in [0.15, 0.2) is 36.4 Å². The van der Waals surface area contributed by atoms with Crippen molar-refractivity contribution in [2.75, 3.05) is 11.4 Å². The highest BCUT2D eigenvalue weighted by Crippen LogP contribution is 2.32. The molecule has 2 aromatic rings. The van der Waals surface area contributed by atoms with Crippen LogP contribution in [-0.2, 0) is 22.3 Å². The second kappa shape index (κ2) is 8.34. The van der Waals surface area contributed by atoms with Gasteiger partial charge in [-0.3, -0.25) is 14.6 Å². The molecule has 0 aliphatic carbocycles. The lowest BCUT2D eigenvalue weighted by atomic mass is 10.1. The summed E-state index contributed by atoms with van der Waals surface area (Å²) in [5.74, 6) is -5.59. The molecule has 176 valence electrons. The number of imide groups is 1. The van der Waals surface area contributed by atoms with Gasteiger partial charge in [0, 0.05) is 5.69 Å². The fraction of sp³-hybridized carbons (Fsp3) is 0.286. The SMILES string of the molecule is CC(C)(Oc1c(F)cc(CN2C(=O)CN(c3ccc(C(F)(F)F)cc3)C2=O)cc1F)C(=O)O. The predicted molar refractivity (Wildman–Crippen MR) is 103 cm³/mol. The van der Waals surface area contributed by atoms with Crippen molar-refractivity contribution in [1.82, 2.24) is 4.90 Å². The number of hydrogen-bond acceptors (Lipinski definition) is 4. The smallest absolute Gasteiger partial charge is 0.416 e. The molecule has 0 aromatic heterocycles. The lowest BCUT2D eigenvalue weighted by Gasteiger charge is -2.23. The van der Waals surface area contributed by atoms with Gasteiger partial charge in [0.2, 0.25) is 0 Å². The third-order valence-electron chi connectivity index (χ3n) is 4.83. The van der Waals surface area contributed by atoms with Crippen molar-refractivity contribution in [3.63, 3.8) is 0 Å². The van der Waals surface area contributed by atoms with E-state index in [0.717, 1.165) is 55.1 Å². The molecule has 0 saturated carbocycles. The number of alkyl halides is 3. The Morgan fingerprint density at radius 3 is 2.09 bits per heavy atom. The van der Waals surface area contributed by atoms with Gasteiger partial charge in [-0.05, 0) is 55.8 Å². The lowest BCUT2D eigenvalue weighted by molar-refractivity contribution is -0.152. The number of amides is 3. The third kappa shape index (κ3) is 4.89. The summed E-state index contributed by atoms with van der Waals surface area (Å²) < 4.78 is 71.9. The maximum Gasteiger partial charge on any atom is 0.416 e. The van der Waals surface area contributed by atoms with E-state index in [4.69, 9.17) is 9.84 Å². The first kappa shape index (κ1) is 24.0. The van der Waals surface area contributed by atoms with Crippen LogP contribution in [0.25, 0.3) is 0 Å². The first-order chi connectivity index (χ1) is 15.2. The maximum absolute atomic E-state index is 14.4. The number of urea groups is 1. The first-order valence-corrected chi connectivity index (χ1v) is 9.40. The molecular weight excluding hydrogens is 455 g/mol. The van der Waals surface area contributed by atoms with Crippen LogP contribution in [0.3, 0.4) is 0 Å². The highest BCUT2D eigenvalue weighted by atomic mass is 19.4. The van der Waals surface area contributed by atoms with E-state index in [0.29, 0.717) is 4.90 Å². The van der Waals surface area contributed by atoms with Crippen LogP contribution in [0.5, 0.6) is 5.75 Å². The molecule has 1 aliphatic heterocycles. The second-order valence-corrected chi connectivity index (χ2v) is 7.70. The number of carboxylic acids is 1. The molecule has 1 fully saturated rings. The molecule has 0 spiro atoms. The van der Waals surface area contributed by atoms with E-state index in [-0.39, 0.29) is 11.3 Å². The van der Waals surface area contributed by atoms with Crippen molar-refractivity contribution in [1.29, 1.82) is 0 Å². The normalized spacial score (nSPS) is 14.8. The predicted octanol–water partition coefficient (Wildman–Crippen LogP) is 4.19. The van der Waals surface area contributed by atoms with Gasteiger partial charge in [-0.15, -0.1) is 0 Å². The highest BCUT2D eigenvalue weighted by molar-refractivity contribution is 6.12. The molecule has 3 rings (SSSR count). The highest BCUT2D eigenvalue weighted by Gasteiger charge is 2.38. The number of hydrogen-bond donors (Lipinski definition) is 1. The number of rotatable bonds is 6. The Kier molecular flexibility index (Phi) is 6.05. The van der Waals surface area contributed by atoms with Crippen LogP contribution in [0.1, 0.15) is 25.0 Å². The van der Waals surface area contributed by atoms with E-state index in [1.807, 2.05) is 0 Å². The van der Waals surface area contributed by atoms with E-state index in [9.17, 15) is 36.3 Å². The third-order valence-corrected chi connectivity index (χ3v) is 4.83. The summed E-state index contributed by atoms with van der Waals surface area (Å²) in [4.78, 5) is 37.7. The van der Waals surface area contributed by atoms with E-state index in [1.165, 1.54) is 0 Å². The molecule has 0 atom stereocenters. The van der Waals surface area contributed by atoms with Gasteiger partial charge in [-0.2, -0.15) is 13.2 Å². The number of carbonyl (C=O) groups excluding carboxylic acids is 2. The number of benzene rings is 2. The quantitative estimate of drug-likeness (QED) is 0.503. The monoisotopic (exact) mass is 472 g/mol. The molecule has 1 heterocycles. The van der Waals surface area contributed by atoms with Gasteiger partial charge in [-0.25, -0.2) is 18.4 Å². The number of nitrogens with zero attached hydrogens (tertiary/aromatic N) is 2. The summed E-state index contributed by atoms with van der Waals surface area (Å²) in [5, 5.41) is 9.05. The van der Waals surface area contributed by atoms with E-state index >= 15 is 0 Å². The molecule has 1 N–H and O–H groups in total. The molecule has 0 unspecified atom stereocenters. The number of carboxylic acid groups (broad SMARTS) is 1. The maximum atomic E-state index is 14.4. The van der Waals surface area contributed by atoms with Crippen LogP contribution in [0.2, 0.25) is 0 Å². The van der Waals surface area contributed by atoms with Gasteiger partial charge in [0.1, 0.15) is 6.54 Å².